The van der Waals surface area contributed by atoms with Gasteiger partial charge in [-0.2, -0.15) is 50.6 Å². The molecule has 2 bridgehead atoms. The molecule has 7 nitrogen and oxygen atoms in total. The van der Waals surface area contributed by atoms with Crippen molar-refractivity contribution in [3.05, 3.63) is 52.9 Å². The summed E-state index contributed by atoms with van der Waals surface area (Å²) in [5.74, 6) is -0.505. The normalized spacial score (nSPS) is 21.0. The highest BCUT2D eigenvalue weighted by Gasteiger charge is 2.46. The van der Waals surface area contributed by atoms with Crippen LogP contribution in [0.3, 0.4) is 0 Å². The summed E-state index contributed by atoms with van der Waals surface area (Å²) in [6.07, 6.45) is -1.45. The first kappa shape index (κ1) is 29.2. The van der Waals surface area contributed by atoms with Crippen molar-refractivity contribution < 1.29 is 22.4 Å². The van der Waals surface area contributed by atoms with Crippen LogP contribution < -0.4 is 0 Å². The predicted octanol–water partition coefficient (Wildman–Crippen LogP) is 4.59. The fourth-order valence-electron chi connectivity index (χ4n) is 5.12. The number of aryl methyl sites for hydroxylation is 1. The molecule has 0 spiro atoms. The number of pyridine rings is 1. The van der Waals surface area contributed by atoms with Gasteiger partial charge in [0.05, 0.1) is 5.69 Å². The molecule has 0 aromatic carbocycles. The molecule has 14 heteroatoms. The van der Waals surface area contributed by atoms with Gasteiger partial charge in [0.15, 0.2) is 0 Å². The number of rotatable bonds is 4. The molecule has 0 unspecified atom stereocenters. The van der Waals surface area contributed by atoms with Gasteiger partial charge in [-0.3, -0.25) is 9.78 Å². The Labute approximate surface area is 220 Å². The lowest BCUT2D eigenvalue weighted by molar-refractivity contribution is 0.0553. The maximum absolute atomic E-state index is 13.5. The average molecular weight is 551 g/mol. The van der Waals surface area contributed by atoms with Gasteiger partial charge in [-0.1, -0.05) is 0 Å². The Morgan fingerprint density at radius 1 is 0.943 bits per heavy atom. The van der Waals surface area contributed by atoms with E-state index in [9.17, 15) is 22.4 Å². The molecule has 0 radical (unpaired) electrons. The molecule has 3 aromatic heterocycles. The third kappa shape index (κ3) is 5.24. The smallest absolute Gasteiger partial charge is 0.280 e. The topological polar surface area (TPSA) is 76.3 Å². The minimum atomic E-state index is -2.78. The van der Waals surface area contributed by atoms with Crippen molar-refractivity contribution in [1.29, 1.82) is 0 Å². The molecule has 35 heavy (non-hydrogen) atoms. The molecule has 3 atom stereocenters. The molecule has 1 amide bonds. The van der Waals surface area contributed by atoms with Gasteiger partial charge in [0.25, 0.3) is 24.5 Å². The third-order valence-electron chi connectivity index (χ3n) is 6.40. The minimum Gasteiger partial charge on any atom is -0.332 e. The molecule has 2 fully saturated rings. The van der Waals surface area contributed by atoms with Crippen LogP contribution in [0.1, 0.15) is 77.6 Å². The van der Waals surface area contributed by atoms with Crippen molar-refractivity contribution in [2.45, 2.75) is 63.5 Å². The van der Waals surface area contributed by atoms with Gasteiger partial charge in [0.2, 0.25) is 0 Å². The highest BCUT2D eigenvalue weighted by molar-refractivity contribution is 7.59. The number of carbonyl (C=O) groups is 1. The second-order valence-electron chi connectivity index (χ2n) is 8.30. The van der Waals surface area contributed by atoms with Crippen molar-refractivity contribution in [3.8, 4) is 0 Å². The van der Waals surface area contributed by atoms with Crippen LogP contribution in [0, 0.1) is 6.92 Å². The average Bonchev–Trinajstić information content (AvgIpc) is 3.35. The minimum absolute atomic E-state index is 0. The molecule has 192 valence electrons. The quantitative estimate of drug-likeness (QED) is 0.444. The number of fused-ring (bicyclic) bond motifs is 3. The van der Waals surface area contributed by atoms with Gasteiger partial charge >= 0.3 is 0 Å². The van der Waals surface area contributed by atoms with Crippen LogP contribution in [0.15, 0.2) is 24.5 Å². The summed E-state index contributed by atoms with van der Waals surface area (Å²) in [5.41, 5.74) is 0.218. The van der Waals surface area contributed by atoms with E-state index in [1.54, 1.807) is 11.8 Å². The maximum Gasteiger partial charge on any atom is 0.280 e. The highest BCUT2D eigenvalue weighted by atomic mass is 32.1. The van der Waals surface area contributed by atoms with E-state index in [-0.39, 0.29) is 81.4 Å². The Balaban J connectivity index is 0.00000144. The molecule has 0 N–H and O–H groups in total. The highest BCUT2D eigenvalue weighted by Crippen LogP contribution is 2.45. The Hall–Kier alpha value is -2.06. The monoisotopic (exact) mass is 550 g/mol. The summed E-state index contributed by atoms with van der Waals surface area (Å²) in [4.78, 5) is 26.8. The summed E-state index contributed by atoms with van der Waals surface area (Å²) in [5, 5.41) is 4.15. The van der Waals surface area contributed by atoms with Gasteiger partial charge in [-0.15, -0.1) is 0 Å². The SMILES string of the molecule is Cc1cc(C(=O)N2[C@H]3CC[C@H](c4cc(C(F)F)nc5ncnn45)[C@@H]2CC3)cc(C(F)F)n1.S.S.S. The van der Waals surface area contributed by atoms with E-state index < -0.39 is 18.5 Å². The van der Waals surface area contributed by atoms with Crippen LogP contribution in [0.25, 0.3) is 5.78 Å². The standard InChI is InChI=1S/C21H20F4N6O.3H2S/c1-10-6-11(7-14(28-10)18(22)23)20(32)30-12-2-4-13(16(30)5-3-12)17-8-15(19(24)25)29-21-26-9-27-31(17)21;;;/h6-9,12-13,16,18-19H,2-5H2,1H3;3*1H2/t12-,13-,16-;;;/m0.../s1. The van der Waals surface area contributed by atoms with E-state index in [0.29, 0.717) is 30.7 Å². The zero-order valence-corrected chi connectivity index (χ0v) is 21.6. The van der Waals surface area contributed by atoms with Gasteiger partial charge in [-0.25, -0.2) is 27.1 Å². The molecule has 0 aliphatic carbocycles. The van der Waals surface area contributed by atoms with Crippen molar-refractivity contribution in [2.75, 3.05) is 0 Å². The first-order valence-electron chi connectivity index (χ1n) is 10.4. The van der Waals surface area contributed by atoms with E-state index in [1.165, 1.54) is 23.0 Å². The Kier molecular flexibility index (Phi) is 9.45. The Morgan fingerprint density at radius 3 is 2.29 bits per heavy atom. The van der Waals surface area contributed by atoms with Crippen LogP contribution in [0.2, 0.25) is 0 Å². The maximum atomic E-state index is 13.5. The Bertz CT molecular complexity index is 1200. The number of alkyl halides is 4. The summed E-state index contributed by atoms with van der Waals surface area (Å²) in [7, 11) is 0. The number of amides is 1. The lowest BCUT2D eigenvalue weighted by atomic mass is 9.86. The van der Waals surface area contributed by atoms with Crippen LogP contribution in [0.5, 0.6) is 0 Å². The van der Waals surface area contributed by atoms with Gasteiger partial charge in [-0.05, 0) is 50.8 Å². The molecule has 5 heterocycles. The van der Waals surface area contributed by atoms with E-state index in [4.69, 9.17) is 0 Å². The summed E-state index contributed by atoms with van der Waals surface area (Å²) < 4.78 is 54.8. The fourth-order valence-corrected chi connectivity index (χ4v) is 5.12. The van der Waals surface area contributed by atoms with Crippen molar-refractivity contribution in [1.82, 2.24) is 29.5 Å². The number of carbonyl (C=O) groups excluding carboxylic acids is 1. The van der Waals surface area contributed by atoms with Crippen molar-refractivity contribution in [3.63, 3.8) is 0 Å². The molecule has 2 saturated heterocycles. The zero-order valence-electron chi connectivity index (χ0n) is 18.6. The molecule has 2 aliphatic heterocycles. The lowest BCUT2D eigenvalue weighted by Crippen LogP contribution is -2.47. The molecular formula is C21H26F4N6OS3. The van der Waals surface area contributed by atoms with E-state index >= 15 is 0 Å². The first-order chi connectivity index (χ1) is 15.3. The lowest BCUT2D eigenvalue weighted by Gasteiger charge is -2.40. The number of nitrogens with zero attached hydrogens (tertiary/aromatic N) is 6. The van der Waals surface area contributed by atoms with Gasteiger partial charge < -0.3 is 4.90 Å². The first-order valence-corrected chi connectivity index (χ1v) is 10.4. The number of piperidine rings is 1. The van der Waals surface area contributed by atoms with E-state index in [2.05, 4.69) is 20.1 Å². The Morgan fingerprint density at radius 2 is 1.60 bits per heavy atom. The van der Waals surface area contributed by atoms with Crippen molar-refractivity contribution in [2.24, 2.45) is 0 Å². The second-order valence-corrected chi connectivity index (χ2v) is 8.30. The predicted molar refractivity (Wildman–Crippen MR) is 136 cm³/mol. The van der Waals surface area contributed by atoms with Crippen LogP contribution in [-0.4, -0.2) is 47.5 Å². The van der Waals surface area contributed by atoms with Gasteiger partial charge in [0, 0.05) is 29.3 Å². The van der Waals surface area contributed by atoms with Crippen LogP contribution in [0.4, 0.5) is 17.6 Å². The van der Waals surface area contributed by atoms with Crippen LogP contribution in [-0.2, 0) is 0 Å². The number of aromatic nitrogens is 5. The largest absolute Gasteiger partial charge is 0.332 e. The van der Waals surface area contributed by atoms with Crippen LogP contribution >= 0.6 is 40.5 Å². The number of hydrogen-bond acceptors (Lipinski definition) is 5. The summed E-state index contributed by atoms with van der Waals surface area (Å²) in [6, 6.07) is 3.71. The molecule has 0 saturated carbocycles. The summed E-state index contributed by atoms with van der Waals surface area (Å²) in [6.45, 7) is 1.57. The molecule has 5 rings (SSSR count). The van der Waals surface area contributed by atoms with Crippen molar-refractivity contribution >= 4 is 52.2 Å². The summed E-state index contributed by atoms with van der Waals surface area (Å²) >= 11 is 0. The van der Waals surface area contributed by atoms with E-state index in [1.807, 2.05) is 0 Å². The fraction of sp³-hybridized carbons (Fsp3) is 0.476. The molecule has 2 aliphatic rings. The molecular weight excluding hydrogens is 524 g/mol. The van der Waals surface area contributed by atoms with E-state index in [0.717, 1.165) is 12.5 Å². The van der Waals surface area contributed by atoms with Gasteiger partial charge in [0.1, 0.15) is 17.7 Å². The third-order valence-corrected chi connectivity index (χ3v) is 6.40. The molecule has 3 aromatic rings. The second kappa shape index (κ2) is 11.3. The zero-order chi connectivity index (χ0) is 22.6. The number of halogens is 4. The number of hydrogen-bond donors (Lipinski definition) is 0.